The number of benzene rings is 1. The molecule has 1 saturated carbocycles. The van der Waals surface area contributed by atoms with Gasteiger partial charge in [0.05, 0.1) is 22.6 Å². The van der Waals surface area contributed by atoms with E-state index in [0.29, 0.717) is 35.6 Å². The fourth-order valence-corrected chi connectivity index (χ4v) is 5.68. The summed E-state index contributed by atoms with van der Waals surface area (Å²) in [5.41, 5.74) is 2.20. The number of aromatic nitrogens is 3. The molecule has 3 heterocycles. The third kappa shape index (κ3) is 4.29. The van der Waals surface area contributed by atoms with Crippen molar-refractivity contribution in [1.82, 2.24) is 19.4 Å². The molecule has 5 rings (SSSR count). The SMILES string of the molecule is Cc1cc(C(C)Nc2ccc(Cl)nc2C(=O)O)c2nc(N3C[C@@H]4C(C(=O)N(C)C)[C@@H]4C3)n(C)c(=O)c2c1. The number of hydrogen-bond donors (Lipinski definition) is 2. The third-order valence-electron chi connectivity index (χ3n) is 7.44. The molecule has 10 nitrogen and oxygen atoms in total. The zero-order valence-electron chi connectivity index (χ0n) is 21.3. The number of carbonyl (C=O) groups excluding carboxylic acids is 1. The zero-order chi connectivity index (χ0) is 26.8. The first-order valence-corrected chi connectivity index (χ1v) is 12.5. The number of rotatable bonds is 6. The van der Waals surface area contributed by atoms with Gasteiger partial charge in [-0.05, 0) is 49.4 Å². The molecule has 2 N–H and O–H groups in total. The summed E-state index contributed by atoms with van der Waals surface area (Å²) in [6, 6.07) is 6.49. The van der Waals surface area contributed by atoms with E-state index >= 15 is 0 Å². The predicted octanol–water partition coefficient (Wildman–Crippen LogP) is 2.93. The Balaban J connectivity index is 1.51. The van der Waals surface area contributed by atoms with Gasteiger partial charge in [-0.15, -0.1) is 0 Å². The highest BCUT2D eigenvalue weighted by Gasteiger charge is 2.60. The Bertz CT molecular complexity index is 1490. The molecule has 3 aromatic rings. The Kier molecular flexibility index (Phi) is 6.10. The Labute approximate surface area is 218 Å². The molecule has 2 fully saturated rings. The molecule has 1 aromatic carbocycles. The van der Waals surface area contributed by atoms with Gasteiger partial charge in [0.15, 0.2) is 5.69 Å². The van der Waals surface area contributed by atoms with Crippen LogP contribution in [0.4, 0.5) is 11.6 Å². The molecule has 2 unspecified atom stereocenters. The van der Waals surface area contributed by atoms with Crippen LogP contribution in [0.3, 0.4) is 0 Å². The van der Waals surface area contributed by atoms with Gasteiger partial charge < -0.3 is 20.2 Å². The van der Waals surface area contributed by atoms with Crippen molar-refractivity contribution in [3.63, 3.8) is 0 Å². The molecular formula is C26H29ClN6O4. The molecule has 2 aliphatic rings. The molecule has 2 aromatic heterocycles. The van der Waals surface area contributed by atoms with E-state index < -0.39 is 5.97 Å². The van der Waals surface area contributed by atoms with Gasteiger partial charge in [-0.3, -0.25) is 14.2 Å². The average Bonchev–Trinajstić information content (AvgIpc) is 3.33. The number of pyridine rings is 1. The van der Waals surface area contributed by atoms with Gasteiger partial charge in [-0.2, -0.15) is 0 Å². The third-order valence-corrected chi connectivity index (χ3v) is 7.65. The number of carboxylic acids is 1. The van der Waals surface area contributed by atoms with Crippen LogP contribution in [0, 0.1) is 24.7 Å². The lowest BCUT2D eigenvalue weighted by atomic mass is 10.0. The number of hydrogen-bond acceptors (Lipinski definition) is 7. The predicted molar refractivity (Wildman–Crippen MR) is 141 cm³/mol. The fourth-order valence-electron chi connectivity index (χ4n) is 5.53. The smallest absolute Gasteiger partial charge is 0.356 e. The molecule has 1 aliphatic heterocycles. The maximum atomic E-state index is 13.4. The van der Waals surface area contributed by atoms with Crippen LogP contribution in [0.25, 0.3) is 10.9 Å². The molecule has 0 spiro atoms. The van der Waals surface area contributed by atoms with Crippen molar-refractivity contribution in [3.05, 3.63) is 56.6 Å². The minimum absolute atomic E-state index is 0.0441. The van der Waals surface area contributed by atoms with Crippen LogP contribution in [0.2, 0.25) is 5.15 Å². The van der Waals surface area contributed by atoms with E-state index in [1.54, 1.807) is 36.7 Å². The maximum Gasteiger partial charge on any atom is 0.356 e. The number of amides is 1. The van der Waals surface area contributed by atoms with E-state index in [9.17, 15) is 19.5 Å². The first kappa shape index (κ1) is 25.0. The number of halogens is 1. The number of carbonyl (C=O) groups is 2. The van der Waals surface area contributed by atoms with Crippen molar-refractivity contribution in [3.8, 4) is 0 Å². The molecule has 1 aliphatic carbocycles. The van der Waals surface area contributed by atoms with Gasteiger partial charge in [0.25, 0.3) is 5.56 Å². The summed E-state index contributed by atoms with van der Waals surface area (Å²) in [6.07, 6.45) is 0. The highest BCUT2D eigenvalue weighted by atomic mass is 35.5. The zero-order valence-corrected chi connectivity index (χ0v) is 22.1. The number of anilines is 2. The van der Waals surface area contributed by atoms with Crippen LogP contribution in [-0.2, 0) is 11.8 Å². The number of nitrogens with one attached hydrogen (secondary N) is 1. The summed E-state index contributed by atoms with van der Waals surface area (Å²) in [5, 5.41) is 13.4. The Morgan fingerprint density at radius 3 is 2.49 bits per heavy atom. The lowest BCUT2D eigenvalue weighted by Crippen LogP contribution is -2.35. The lowest BCUT2D eigenvalue weighted by Gasteiger charge is -2.25. The maximum absolute atomic E-state index is 13.4. The number of aryl methyl sites for hydroxylation is 1. The lowest BCUT2D eigenvalue weighted by molar-refractivity contribution is -0.130. The van der Waals surface area contributed by atoms with Crippen LogP contribution in [0.5, 0.6) is 0 Å². The summed E-state index contributed by atoms with van der Waals surface area (Å²) in [6.45, 7) is 5.14. The van der Waals surface area contributed by atoms with Gasteiger partial charge in [0.2, 0.25) is 11.9 Å². The Morgan fingerprint density at radius 2 is 1.86 bits per heavy atom. The number of carboxylic acid groups (broad SMARTS) is 1. The second-order valence-corrected chi connectivity index (χ2v) is 10.6. The fraction of sp³-hybridized carbons (Fsp3) is 0.423. The van der Waals surface area contributed by atoms with Crippen LogP contribution in [-0.4, -0.2) is 63.6 Å². The quantitative estimate of drug-likeness (QED) is 0.472. The van der Waals surface area contributed by atoms with E-state index in [-0.39, 0.29) is 46.1 Å². The molecule has 1 saturated heterocycles. The van der Waals surface area contributed by atoms with E-state index in [0.717, 1.165) is 11.1 Å². The van der Waals surface area contributed by atoms with E-state index in [1.807, 2.05) is 26.0 Å². The second-order valence-electron chi connectivity index (χ2n) is 10.2. The van der Waals surface area contributed by atoms with Crippen molar-refractivity contribution in [2.45, 2.75) is 19.9 Å². The van der Waals surface area contributed by atoms with Gasteiger partial charge in [0, 0.05) is 45.7 Å². The summed E-state index contributed by atoms with van der Waals surface area (Å²) < 4.78 is 1.57. The number of nitrogens with zero attached hydrogens (tertiary/aromatic N) is 5. The number of fused-ring (bicyclic) bond motifs is 2. The Morgan fingerprint density at radius 1 is 1.19 bits per heavy atom. The minimum Gasteiger partial charge on any atom is -0.476 e. The van der Waals surface area contributed by atoms with Crippen LogP contribution >= 0.6 is 11.6 Å². The molecule has 11 heteroatoms. The summed E-state index contributed by atoms with van der Waals surface area (Å²) in [5.74, 6) is 0.115. The van der Waals surface area contributed by atoms with E-state index in [2.05, 4.69) is 15.2 Å². The van der Waals surface area contributed by atoms with Crippen molar-refractivity contribution < 1.29 is 14.7 Å². The van der Waals surface area contributed by atoms with Crippen molar-refractivity contribution in [2.75, 3.05) is 37.4 Å². The van der Waals surface area contributed by atoms with Crippen molar-refractivity contribution in [1.29, 1.82) is 0 Å². The standard InChI is InChI=1S/C26H29ClN6O4/c1-12-8-14(13(2)28-18-6-7-19(27)29-22(18)25(36)37)21-15(9-12)23(34)32(5)26(30-21)33-10-16-17(11-33)20(16)24(35)31(3)4/h6-9,13,16-17,20,28H,10-11H2,1-5H3,(H,36,37)/t13?,16-,17+,20?. The molecule has 37 heavy (non-hydrogen) atoms. The molecule has 0 bridgehead atoms. The minimum atomic E-state index is -1.20. The van der Waals surface area contributed by atoms with E-state index in [1.165, 1.54) is 6.07 Å². The largest absolute Gasteiger partial charge is 0.476 e. The molecule has 194 valence electrons. The number of aromatic carboxylic acids is 1. The molecular weight excluding hydrogens is 496 g/mol. The monoisotopic (exact) mass is 524 g/mol. The number of piperidine rings is 1. The second kappa shape index (κ2) is 9.02. The summed E-state index contributed by atoms with van der Waals surface area (Å²) in [7, 11) is 5.28. The summed E-state index contributed by atoms with van der Waals surface area (Å²) >= 11 is 5.91. The van der Waals surface area contributed by atoms with Crippen LogP contribution < -0.4 is 15.8 Å². The molecule has 0 radical (unpaired) electrons. The average molecular weight is 525 g/mol. The first-order chi connectivity index (χ1) is 17.5. The summed E-state index contributed by atoms with van der Waals surface area (Å²) in [4.78, 5) is 50.2. The molecule has 4 atom stereocenters. The molecule has 1 amide bonds. The van der Waals surface area contributed by atoms with Crippen LogP contribution in [0.15, 0.2) is 29.1 Å². The highest BCUT2D eigenvalue weighted by Crippen LogP contribution is 2.53. The van der Waals surface area contributed by atoms with Crippen LogP contribution in [0.1, 0.15) is 34.6 Å². The highest BCUT2D eigenvalue weighted by molar-refractivity contribution is 6.29. The Hall–Kier alpha value is -3.66. The van der Waals surface area contributed by atoms with Crippen molar-refractivity contribution >= 4 is 46.0 Å². The topological polar surface area (TPSA) is 121 Å². The first-order valence-electron chi connectivity index (χ1n) is 12.1. The van der Waals surface area contributed by atoms with Gasteiger partial charge in [-0.1, -0.05) is 17.7 Å². The van der Waals surface area contributed by atoms with Crippen molar-refractivity contribution in [2.24, 2.45) is 24.8 Å². The van der Waals surface area contributed by atoms with Gasteiger partial charge in [0.1, 0.15) is 5.15 Å². The van der Waals surface area contributed by atoms with Gasteiger partial charge in [-0.25, -0.2) is 14.8 Å². The van der Waals surface area contributed by atoms with Gasteiger partial charge >= 0.3 is 5.97 Å². The normalized spacial score (nSPS) is 21.0. The van der Waals surface area contributed by atoms with E-state index in [4.69, 9.17) is 16.6 Å².